The Morgan fingerprint density at radius 1 is 1.05 bits per heavy atom. The van der Waals surface area contributed by atoms with E-state index in [1.54, 1.807) is 0 Å². The fourth-order valence-electron chi connectivity index (χ4n) is 2.28. The van der Waals surface area contributed by atoms with Gasteiger partial charge in [-0.2, -0.15) is 0 Å². The SMILES string of the molecule is CCCCN(CC)CC(=O)c1cc(C)c(C)cc1C. The average Bonchev–Trinajstić information content (AvgIpc) is 2.38. The predicted molar refractivity (Wildman–Crippen MR) is 82.0 cm³/mol. The molecular weight excluding hydrogens is 234 g/mol. The summed E-state index contributed by atoms with van der Waals surface area (Å²) in [6.07, 6.45) is 2.33. The van der Waals surface area contributed by atoms with Crippen molar-refractivity contribution in [2.75, 3.05) is 19.6 Å². The second-order valence-electron chi connectivity index (χ2n) is 5.40. The summed E-state index contributed by atoms with van der Waals surface area (Å²) in [6, 6.07) is 4.16. The minimum absolute atomic E-state index is 0.249. The van der Waals surface area contributed by atoms with Crippen LogP contribution in [0.1, 0.15) is 53.7 Å². The molecule has 1 rings (SSSR count). The van der Waals surface area contributed by atoms with Gasteiger partial charge in [0.15, 0.2) is 5.78 Å². The summed E-state index contributed by atoms with van der Waals surface area (Å²) in [5.74, 6) is 0.249. The number of ketones is 1. The molecule has 0 heterocycles. The highest BCUT2D eigenvalue weighted by molar-refractivity contribution is 5.99. The van der Waals surface area contributed by atoms with E-state index in [2.05, 4.69) is 38.7 Å². The Balaban J connectivity index is 2.79. The lowest BCUT2D eigenvalue weighted by molar-refractivity contribution is 0.0932. The molecule has 0 N–H and O–H groups in total. The minimum Gasteiger partial charge on any atom is -0.296 e. The molecule has 0 saturated carbocycles. The van der Waals surface area contributed by atoms with Crippen molar-refractivity contribution < 1.29 is 4.79 Å². The molecule has 1 aromatic carbocycles. The number of unbranched alkanes of at least 4 members (excludes halogenated alkanes) is 1. The summed E-state index contributed by atoms with van der Waals surface area (Å²) in [7, 11) is 0. The van der Waals surface area contributed by atoms with Crippen LogP contribution in [0.25, 0.3) is 0 Å². The van der Waals surface area contributed by atoms with Crippen LogP contribution in [0.4, 0.5) is 0 Å². The van der Waals surface area contributed by atoms with E-state index < -0.39 is 0 Å². The molecule has 0 bridgehead atoms. The van der Waals surface area contributed by atoms with Crippen LogP contribution in [0.15, 0.2) is 12.1 Å². The van der Waals surface area contributed by atoms with E-state index in [0.717, 1.165) is 30.6 Å². The molecule has 1 aromatic rings. The van der Waals surface area contributed by atoms with Crippen molar-refractivity contribution >= 4 is 5.78 Å². The van der Waals surface area contributed by atoms with Crippen molar-refractivity contribution in [2.24, 2.45) is 0 Å². The number of aryl methyl sites for hydroxylation is 3. The first-order valence-corrected chi connectivity index (χ1v) is 7.33. The van der Waals surface area contributed by atoms with Crippen molar-refractivity contribution in [1.29, 1.82) is 0 Å². The van der Waals surface area contributed by atoms with Crippen LogP contribution in [0.5, 0.6) is 0 Å². The summed E-state index contributed by atoms with van der Waals surface area (Å²) >= 11 is 0. The molecule has 0 aromatic heterocycles. The molecule has 0 spiro atoms. The topological polar surface area (TPSA) is 20.3 Å². The lowest BCUT2D eigenvalue weighted by atomic mass is 9.98. The fraction of sp³-hybridized carbons (Fsp3) is 0.588. The number of carbonyl (C=O) groups excluding carboxylic acids is 1. The number of likely N-dealkylation sites (N-methyl/N-ethyl adjacent to an activating group) is 1. The average molecular weight is 261 g/mol. The maximum Gasteiger partial charge on any atom is 0.177 e. The molecule has 0 fully saturated rings. The number of hydrogen-bond donors (Lipinski definition) is 0. The van der Waals surface area contributed by atoms with Crippen LogP contribution >= 0.6 is 0 Å². The van der Waals surface area contributed by atoms with E-state index in [-0.39, 0.29) is 5.78 Å². The summed E-state index contributed by atoms with van der Waals surface area (Å²) in [5.41, 5.74) is 4.44. The zero-order valence-electron chi connectivity index (χ0n) is 13.0. The van der Waals surface area contributed by atoms with Crippen molar-refractivity contribution in [3.8, 4) is 0 Å². The van der Waals surface area contributed by atoms with Gasteiger partial charge in [0.1, 0.15) is 0 Å². The van der Waals surface area contributed by atoms with Crippen LogP contribution in [-0.4, -0.2) is 30.3 Å². The number of rotatable bonds is 7. The second-order valence-corrected chi connectivity index (χ2v) is 5.40. The Bertz CT molecular complexity index is 437. The third-order valence-electron chi connectivity index (χ3n) is 3.78. The molecule has 0 aliphatic rings. The first-order valence-electron chi connectivity index (χ1n) is 7.33. The van der Waals surface area contributed by atoms with Gasteiger partial charge in [0.05, 0.1) is 6.54 Å². The molecular formula is C17H27NO. The largest absolute Gasteiger partial charge is 0.296 e. The Morgan fingerprint density at radius 3 is 2.26 bits per heavy atom. The lowest BCUT2D eigenvalue weighted by Crippen LogP contribution is -2.31. The van der Waals surface area contributed by atoms with Crippen LogP contribution in [-0.2, 0) is 0 Å². The van der Waals surface area contributed by atoms with Gasteiger partial charge >= 0.3 is 0 Å². The van der Waals surface area contributed by atoms with Crippen LogP contribution < -0.4 is 0 Å². The minimum atomic E-state index is 0.249. The number of hydrogen-bond acceptors (Lipinski definition) is 2. The number of nitrogens with zero attached hydrogens (tertiary/aromatic N) is 1. The molecule has 2 heteroatoms. The lowest BCUT2D eigenvalue weighted by Gasteiger charge is -2.20. The Hall–Kier alpha value is -1.15. The third kappa shape index (κ3) is 4.46. The van der Waals surface area contributed by atoms with Gasteiger partial charge in [-0.3, -0.25) is 9.69 Å². The molecule has 0 saturated heterocycles. The van der Waals surface area contributed by atoms with Gasteiger partial charge in [-0.1, -0.05) is 26.3 Å². The molecule has 19 heavy (non-hydrogen) atoms. The monoisotopic (exact) mass is 261 g/mol. The van der Waals surface area contributed by atoms with E-state index in [1.807, 2.05) is 13.0 Å². The molecule has 0 aliphatic heterocycles. The summed E-state index contributed by atoms with van der Waals surface area (Å²) in [4.78, 5) is 14.7. The first-order chi connectivity index (χ1) is 8.99. The van der Waals surface area contributed by atoms with Gasteiger partial charge < -0.3 is 0 Å². The Morgan fingerprint density at radius 2 is 1.68 bits per heavy atom. The van der Waals surface area contributed by atoms with Gasteiger partial charge in [0.2, 0.25) is 0 Å². The van der Waals surface area contributed by atoms with Gasteiger partial charge in [-0.25, -0.2) is 0 Å². The van der Waals surface area contributed by atoms with Gasteiger partial charge in [-0.15, -0.1) is 0 Å². The molecule has 0 unspecified atom stereocenters. The number of benzene rings is 1. The normalized spacial score (nSPS) is 11.1. The van der Waals surface area contributed by atoms with Crippen LogP contribution in [0.2, 0.25) is 0 Å². The molecule has 0 amide bonds. The Labute approximate surface area is 117 Å². The van der Waals surface area contributed by atoms with E-state index in [4.69, 9.17) is 0 Å². The van der Waals surface area contributed by atoms with Gasteiger partial charge in [0, 0.05) is 5.56 Å². The smallest absolute Gasteiger partial charge is 0.177 e. The van der Waals surface area contributed by atoms with Crippen LogP contribution in [0, 0.1) is 20.8 Å². The fourth-order valence-corrected chi connectivity index (χ4v) is 2.28. The first kappa shape index (κ1) is 15.9. The van der Waals surface area contributed by atoms with E-state index >= 15 is 0 Å². The summed E-state index contributed by atoms with van der Waals surface area (Å²) in [6.45, 7) is 13.0. The predicted octanol–water partition coefficient (Wildman–Crippen LogP) is 3.92. The van der Waals surface area contributed by atoms with E-state index in [9.17, 15) is 4.79 Å². The third-order valence-corrected chi connectivity index (χ3v) is 3.78. The number of carbonyl (C=O) groups is 1. The van der Waals surface area contributed by atoms with Crippen LogP contribution in [0.3, 0.4) is 0 Å². The van der Waals surface area contributed by atoms with E-state index in [1.165, 1.54) is 17.5 Å². The standard InChI is InChI=1S/C17H27NO/c1-6-8-9-18(7-2)12-17(19)16-11-14(4)13(3)10-15(16)5/h10-11H,6-9,12H2,1-5H3. The van der Waals surface area contributed by atoms with Gasteiger partial charge in [-0.05, 0) is 63.0 Å². The molecule has 0 radical (unpaired) electrons. The van der Waals surface area contributed by atoms with Crippen molar-refractivity contribution in [3.05, 3.63) is 34.4 Å². The van der Waals surface area contributed by atoms with Crippen molar-refractivity contribution in [2.45, 2.75) is 47.5 Å². The summed E-state index contributed by atoms with van der Waals surface area (Å²) < 4.78 is 0. The number of Topliss-reactive ketones (excluding diaryl/α,β-unsaturated/α-hetero) is 1. The summed E-state index contributed by atoms with van der Waals surface area (Å²) in [5, 5.41) is 0. The zero-order chi connectivity index (χ0) is 14.4. The molecule has 0 atom stereocenters. The quantitative estimate of drug-likeness (QED) is 0.693. The Kier molecular flexibility index (Phi) is 6.23. The maximum atomic E-state index is 12.4. The zero-order valence-corrected chi connectivity index (χ0v) is 13.0. The van der Waals surface area contributed by atoms with Crippen molar-refractivity contribution in [1.82, 2.24) is 4.90 Å². The molecule has 106 valence electrons. The highest BCUT2D eigenvalue weighted by Crippen LogP contribution is 2.16. The molecule has 2 nitrogen and oxygen atoms in total. The van der Waals surface area contributed by atoms with E-state index in [0.29, 0.717) is 6.54 Å². The second kappa shape index (κ2) is 7.44. The van der Waals surface area contributed by atoms with Gasteiger partial charge in [0.25, 0.3) is 0 Å². The maximum absolute atomic E-state index is 12.4. The highest BCUT2D eigenvalue weighted by atomic mass is 16.1. The molecule has 0 aliphatic carbocycles. The highest BCUT2D eigenvalue weighted by Gasteiger charge is 2.14. The van der Waals surface area contributed by atoms with Crippen molar-refractivity contribution in [3.63, 3.8) is 0 Å².